The number of hydrogen-bond acceptors (Lipinski definition) is 6. The first-order valence-corrected chi connectivity index (χ1v) is 6.91. The van der Waals surface area contributed by atoms with E-state index in [1.807, 2.05) is 24.3 Å². The van der Waals surface area contributed by atoms with Gasteiger partial charge in [-0.3, -0.25) is 4.79 Å². The van der Waals surface area contributed by atoms with E-state index in [9.17, 15) is 4.79 Å². The lowest BCUT2D eigenvalue weighted by molar-refractivity contribution is 0.0736. The summed E-state index contributed by atoms with van der Waals surface area (Å²) in [6, 6.07) is 7.67. The second-order valence-corrected chi connectivity index (χ2v) is 5.19. The highest BCUT2D eigenvalue weighted by atomic mass is 35.5. The Morgan fingerprint density at radius 3 is 2.62 bits per heavy atom. The van der Waals surface area contributed by atoms with Gasteiger partial charge in [0.25, 0.3) is 5.91 Å². The van der Waals surface area contributed by atoms with Gasteiger partial charge < -0.3 is 15.5 Å². The van der Waals surface area contributed by atoms with Gasteiger partial charge in [-0.15, -0.1) is 0 Å². The smallest absolute Gasteiger partial charge is 0.280 e. The summed E-state index contributed by atoms with van der Waals surface area (Å²) < 4.78 is 4.46. The van der Waals surface area contributed by atoms with Crippen molar-refractivity contribution in [3.8, 4) is 0 Å². The minimum absolute atomic E-state index is 0.0253. The average Bonchev–Trinajstić information content (AvgIpc) is 2.93. The minimum Gasteiger partial charge on any atom is -0.379 e. The van der Waals surface area contributed by atoms with Crippen LogP contribution in [0.1, 0.15) is 10.5 Å². The Morgan fingerprint density at radius 2 is 2.00 bits per heavy atom. The van der Waals surface area contributed by atoms with E-state index in [0.29, 0.717) is 18.1 Å². The number of rotatable bonds is 2. The second-order valence-electron chi connectivity index (χ2n) is 4.76. The number of benzene rings is 1. The van der Waals surface area contributed by atoms with E-state index >= 15 is 0 Å². The van der Waals surface area contributed by atoms with Crippen LogP contribution in [0.3, 0.4) is 0 Å². The molecule has 0 bridgehead atoms. The minimum atomic E-state index is -0.250. The number of nitrogens with two attached hydrogens (primary N) is 1. The molecule has 2 heterocycles. The van der Waals surface area contributed by atoms with E-state index in [0.717, 1.165) is 18.8 Å². The van der Waals surface area contributed by atoms with E-state index in [4.69, 9.17) is 17.3 Å². The Hall–Kier alpha value is -2.28. The predicted octanol–water partition coefficient (Wildman–Crippen LogP) is 1.27. The number of carbonyl (C=O) groups excluding carboxylic acids is 1. The van der Waals surface area contributed by atoms with Crippen molar-refractivity contribution in [2.75, 3.05) is 36.8 Å². The van der Waals surface area contributed by atoms with Crippen molar-refractivity contribution in [1.82, 2.24) is 15.2 Å². The largest absolute Gasteiger partial charge is 0.379 e. The van der Waals surface area contributed by atoms with Crippen molar-refractivity contribution in [2.45, 2.75) is 0 Å². The fourth-order valence-electron chi connectivity index (χ4n) is 2.33. The molecule has 2 aromatic rings. The molecule has 1 fully saturated rings. The molecule has 3 rings (SSSR count). The fraction of sp³-hybridized carbons (Fsp3) is 0.308. The van der Waals surface area contributed by atoms with Gasteiger partial charge >= 0.3 is 0 Å². The number of carbonyl (C=O) groups is 1. The van der Waals surface area contributed by atoms with Gasteiger partial charge in [-0.2, -0.15) is 0 Å². The summed E-state index contributed by atoms with van der Waals surface area (Å²) >= 11 is 6.00. The third-order valence-corrected chi connectivity index (χ3v) is 3.69. The Bertz CT molecular complexity index is 652. The molecule has 1 amide bonds. The van der Waals surface area contributed by atoms with Crippen molar-refractivity contribution < 1.29 is 9.42 Å². The van der Waals surface area contributed by atoms with E-state index in [1.165, 1.54) is 0 Å². The number of amides is 1. The van der Waals surface area contributed by atoms with Gasteiger partial charge in [0.15, 0.2) is 0 Å². The van der Waals surface area contributed by atoms with Crippen LogP contribution in [0, 0.1) is 0 Å². The van der Waals surface area contributed by atoms with Crippen LogP contribution >= 0.6 is 11.6 Å². The first-order chi connectivity index (χ1) is 10.1. The van der Waals surface area contributed by atoms with Crippen LogP contribution < -0.4 is 10.6 Å². The number of hydrogen-bond donors (Lipinski definition) is 1. The van der Waals surface area contributed by atoms with Crippen LogP contribution in [0.15, 0.2) is 28.9 Å². The van der Waals surface area contributed by atoms with Crippen molar-refractivity contribution in [3.63, 3.8) is 0 Å². The SMILES string of the molecule is Nc1nonc1C(=O)N1CCN(c2cccc(Cl)c2)CC1. The predicted molar refractivity (Wildman–Crippen MR) is 78.3 cm³/mol. The molecule has 1 aliphatic rings. The molecule has 0 aliphatic carbocycles. The van der Waals surface area contributed by atoms with Gasteiger partial charge in [-0.05, 0) is 28.5 Å². The van der Waals surface area contributed by atoms with Crippen molar-refractivity contribution in [3.05, 3.63) is 35.0 Å². The zero-order valence-electron chi connectivity index (χ0n) is 11.2. The molecule has 21 heavy (non-hydrogen) atoms. The monoisotopic (exact) mass is 307 g/mol. The Morgan fingerprint density at radius 1 is 1.24 bits per heavy atom. The summed E-state index contributed by atoms with van der Waals surface area (Å²) in [7, 11) is 0. The highest BCUT2D eigenvalue weighted by Crippen LogP contribution is 2.21. The third-order valence-electron chi connectivity index (χ3n) is 3.46. The molecule has 0 unspecified atom stereocenters. The molecule has 1 aromatic heterocycles. The fourth-order valence-corrected chi connectivity index (χ4v) is 2.52. The summed E-state index contributed by atoms with van der Waals surface area (Å²) in [5.41, 5.74) is 6.67. The Kier molecular flexibility index (Phi) is 3.66. The van der Waals surface area contributed by atoms with Gasteiger partial charge in [-0.25, -0.2) is 4.63 Å². The molecule has 0 saturated carbocycles. The normalized spacial score (nSPS) is 15.3. The third kappa shape index (κ3) is 2.78. The lowest BCUT2D eigenvalue weighted by atomic mass is 10.2. The van der Waals surface area contributed by atoms with Gasteiger partial charge in [-0.1, -0.05) is 17.7 Å². The molecule has 8 heteroatoms. The van der Waals surface area contributed by atoms with Crippen molar-refractivity contribution in [2.24, 2.45) is 0 Å². The molecule has 1 aromatic carbocycles. The first kappa shape index (κ1) is 13.7. The van der Waals surface area contributed by atoms with Crippen LogP contribution in [-0.4, -0.2) is 47.3 Å². The van der Waals surface area contributed by atoms with Crippen molar-refractivity contribution in [1.29, 1.82) is 0 Å². The molecule has 1 saturated heterocycles. The summed E-state index contributed by atoms with van der Waals surface area (Å²) in [5, 5.41) is 7.67. The summed E-state index contributed by atoms with van der Waals surface area (Å²) in [6.45, 7) is 2.60. The topological polar surface area (TPSA) is 88.5 Å². The number of nitrogen functional groups attached to an aromatic ring is 1. The molecule has 2 N–H and O–H groups in total. The van der Waals surface area contributed by atoms with Crippen LogP contribution in [-0.2, 0) is 0 Å². The molecular weight excluding hydrogens is 294 g/mol. The molecule has 0 spiro atoms. The maximum Gasteiger partial charge on any atom is 0.280 e. The lowest BCUT2D eigenvalue weighted by Crippen LogP contribution is -2.49. The molecule has 7 nitrogen and oxygen atoms in total. The van der Waals surface area contributed by atoms with Crippen LogP contribution in [0.4, 0.5) is 11.5 Å². The van der Waals surface area contributed by atoms with Gasteiger partial charge in [0.05, 0.1) is 0 Å². The molecule has 0 radical (unpaired) electrons. The zero-order chi connectivity index (χ0) is 14.8. The van der Waals surface area contributed by atoms with E-state index in [2.05, 4.69) is 19.8 Å². The zero-order valence-corrected chi connectivity index (χ0v) is 12.0. The van der Waals surface area contributed by atoms with Gasteiger partial charge in [0.1, 0.15) is 0 Å². The number of nitrogens with zero attached hydrogens (tertiary/aromatic N) is 4. The Labute approximate surface area is 126 Å². The standard InChI is InChI=1S/C13H14ClN5O2/c14-9-2-1-3-10(8-9)18-4-6-19(7-5-18)13(20)11-12(15)17-21-16-11/h1-3,8H,4-7H2,(H2,15,17). The summed E-state index contributed by atoms with van der Waals surface area (Å²) in [5.74, 6) is -0.225. The number of piperazine rings is 1. The van der Waals surface area contributed by atoms with E-state index in [1.54, 1.807) is 4.90 Å². The van der Waals surface area contributed by atoms with E-state index < -0.39 is 0 Å². The van der Waals surface area contributed by atoms with E-state index in [-0.39, 0.29) is 17.4 Å². The van der Waals surface area contributed by atoms with Crippen LogP contribution in [0.2, 0.25) is 5.02 Å². The number of aromatic nitrogens is 2. The number of anilines is 2. The molecule has 0 atom stereocenters. The average molecular weight is 308 g/mol. The first-order valence-electron chi connectivity index (χ1n) is 6.53. The van der Waals surface area contributed by atoms with Gasteiger partial charge in [0.2, 0.25) is 11.5 Å². The van der Waals surface area contributed by atoms with Crippen LogP contribution in [0.25, 0.3) is 0 Å². The Balaban J connectivity index is 1.65. The molecule has 1 aliphatic heterocycles. The summed E-state index contributed by atoms with van der Waals surface area (Å²) in [4.78, 5) is 16.1. The maximum absolute atomic E-state index is 12.2. The number of halogens is 1. The maximum atomic E-state index is 12.2. The quantitative estimate of drug-likeness (QED) is 0.898. The second kappa shape index (κ2) is 5.61. The van der Waals surface area contributed by atoms with Crippen molar-refractivity contribution >= 4 is 29.0 Å². The van der Waals surface area contributed by atoms with Crippen LogP contribution in [0.5, 0.6) is 0 Å². The molecular formula is C13H14ClN5O2. The summed E-state index contributed by atoms with van der Waals surface area (Å²) in [6.07, 6.45) is 0. The highest BCUT2D eigenvalue weighted by molar-refractivity contribution is 6.30. The molecule has 110 valence electrons. The highest BCUT2D eigenvalue weighted by Gasteiger charge is 2.26. The lowest BCUT2D eigenvalue weighted by Gasteiger charge is -2.35. The van der Waals surface area contributed by atoms with Gasteiger partial charge in [0, 0.05) is 36.9 Å².